The number of anilines is 2. The number of hydrogen-bond donors (Lipinski definition) is 0. The molecule has 0 unspecified atom stereocenters. The monoisotopic (exact) mass is 344 g/mol. The minimum Gasteiger partial charge on any atom is -0.271 e. The van der Waals surface area contributed by atoms with Crippen molar-refractivity contribution in [3.63, 3.8) is 0 Å². The highest BCUT2D eigenvalue weighted by molar-refractivity contribution is 6.31. The highest BCUT2D eigenvalue weighted by Gasteiger charge is 2.55. The Hall–Kier alpha value is -2.80. The summed E-state index contributed by atoms with van der Waals surface area (Å²) in [6.07, 6.45) is 0. The van der Waals surface area contributed by atoms with Crippen LogP contribution >= 0.6 is 11.6 Å². The van der Waals surface area contributed by atoms with Crippen molar-refractivity contribution in [3.8, 4) is 0 Å². The number of carbonyl (C=O) groups is 2. The number of nitrogens with zero attached hydrogens (tertiary/aromatic N) is 4. The van der Waals surface area contributed by atoms with Crippen LogP contribution in [0.15, 0.2) is 58.9 Å². The topological polar surface area (TPSA) is 65.3 Å². The number of carbonyl (C=O) groups excluding carboxylic acids is 2. The first kappa shape index (κ1) is 14.8. The van der Waals surface area contributed by atoms with E-state index < -0.39 is 29.7 Å². The van der Waals surface area contributed by atoms with Gasteiger partial charge in [0.1, 0.15) is 5.82 Å². The maximum absolute atomic E-state index is 13.1. The van der Waals surface area contributed by atoms with E-state index >= 15 is 0 Å². The predicted octanol–water partition coefficient (Wildman–Crippen LogP) is 2.98. The fourth-order valence-electron chi connectivity index (χ4n) is 2.84. The van der Waals surface area contributed by atoms with Gasteiger partial charge in [-0.15, -0.1) is 0 Å². The van der Waals surface area contributed by atoms with Crippen LogP contribution in [0.3, 0.4) is 0 Å². The molecule has 0 saturated carbocycles. The first-order valence-electron chi connectivity index (χ1n) is 7.15. The first-order chi connectivity index (χ1) is 11.6. The minimum atomic E-state index is -0.915. The molecule has 2 aliphatic heterocycles. The lowest BCUT2D eigenvalue weighted by Gasteiger charge is -2.20. The van der Waals surface area contributed by atoms with Gasteiger partial charge < -0.3 is 0 Å². The van der Waals surface area contributed by atoms with E-state index in [1.165, 1.54) is 35.3 Å². The Balaban J connectivity index is 1.70. The molecule has 0 radical (unpaired) electrons. The zero-order valence-electron chi connectivity index (χ0n) is 12.1. The Morgan fingerprint density at radius 1 is 1.00 bits per heavy atom. The Labute approximate surface area is 141 Å². The van der Waals surface area contributed by atoms with E-state index in [4.69, 9.17) is 11.6 Å². The number of rotatable bonds is 2. The van der Waals surface area contributed by atoms with Gasteiger partial charge in [-0.25, -0.2) is 14.3 Å². The van der Waals surface area contributed by atoms with Crippen molar-refractivity contribution >= 4 is 34.8 Å². The molecular weight excluding hydrogens is 335 g/mol. The van der Waals surface area contributed by atoms with Gasteiger partial charge in [0.05, 0.1) is 11.4 Å². The van der Waals surface area contributed by atoms with Crippen LogP contribution < -0.4 is 9.91 Å². The summed E-state index contributed by atoms with van der Waals surface area (Å²) >= 11 is 5.94. The number of imide groups is 1. The molecule has 0 spiro atoms. The summed E-state index contributed by atoms with van der Waals surface area (Å²) in [5, 5.41) is 9.59. The van der Waals surface area contributed by atoms with E-state index in [9.17, 15) is 14.0 Å². The molecule has 2 aromatic carbocycles. The van der Waals surface area contributed by atoms with Gasteiger partial charge in [-0.2, -0.15) is 5.11 Å². The van der Waals surface area contributed by atoms with E-state index in [0.717, 1.165) is 4.90 Å². The Morgan fingerprint density at radius 2 is 1.75 bits per heavy atom. The summed E-state index contributed by atoms with van der Waals surface area (Å²) in [5.74, 6) is -1.30. The second-order valence-electron chi connectivity index (χ2n) is 5.41. The largest absolute Gasteiger partial charge is 0.271 e. The van der Waals surface area contributed by atoms with Gasteiger partial charge in [0.2, 0.25) is 0 Å². The van der Waals surface area contributed by atoms with E-state index in [2.05, 4.69) is 10.3 Å². The van der Waals surface area contributed by atoms with Gasteiger partial charge in [-0.3, -0.25) is 9.59 Å². The van der Waals surface area contributed by atoms with Gasteiger partial charge in [-0.1, -0.05) is 22.9 Å². The fourth-order valence-corrected chi connectivity index (χ4v) is 3.02. The summed E-state index contributed by atoms with van der Waals surface area (Å²) in [7, 11) is 0. The smallest absolute Gasteiger partial charge is 0.263 e. The number of benzene rings is 2. The molecule has 0 bridgehead atoms. The van der Waals surface area contributed by atoms with Gasteiger partial charge >= 0.3 is 0 Å². The van der Waals surface area contributed by atoms with Crippen LogP contribution in [-0.2, 0) is 9.59 Å². The summed E-state index contributed by atoms with van der Waals surface area (Å²) in [6.45, 7) is 0. The molecule has 2 aromatic rings. The molecule has 1 fully saturated rings. The van der Waals surface area contributed by atoms with Crippen LogP contribution in [0.2, 0.25) is 5.02 Å². The average Bonchev–Trinajstić information content (AvgIpc) is 3.09. The predicted molar refractivity (Wildman–Crippen MR) is 85.3 cm³/mol. The van der Waals surface area contributed by atoms with Gasteiger partial charge in [0.15, 0.2) is 12.1 Å². The summed E-state index contributed by atoms with van der Waals surface area (Å²) < 4.78 is 13.1. The molecule has 4 rings (SSSR count). The number of amides is 2. The normalized spacial score (nSPS) is 22.4. The molecule has 2 aliphatic rings. The molecule has 6 nitrogen and oxygen atoms in total. The number of hydrogen-bond acceptors (Lipinski definition) is 5. The standard InChI is InChI=1S/C16H10ClFN4O2/c17-9-2-1-3-12(8-9)21-15(23)13-14(16(21)24)22(20-19-13)11-6-4-10(18)5-7-11/h1-8,13-14H/t13-,14-/m1/s1. The molecule has 0 aromatic heterocycles. The van der Waals surface area contributed by atoms with Crippen LogP contribution in [-0.4, -0.2) is 23.9 Å². The summed E-state index contributed by atoms with van der Waals surface area (Å²) in [6, 6.07) is 10.2. The minimum absolute atomic E-state index is 0.390. The molecule has 2 atom stereocenters. The van der Waals surface area contributed by atoms with Gasteiger partial charge in [0.25, 0.3) is 11.8 Å². The Morgan fingerprint density at radius 3 is 2.46 bits per heavy atom. The van der Waals surface area contributed by atoms with Crippen LogP contribution in [0.25, 0.3) is 0 Å². The van der Waals surface area contributed by atoms with Gasteiger partial charge in [-0.05, 0) is 42.5 Å². The molecule has 120 valence electrons. The molecule has 24 heavy (non-hydrogen) atoms. The van der Waals surface area contributed by atoms with Crippen LogP contribution in [0, 0.1) is 5.82 Å². The van der Waals surface area contributed by atoms with Crippen LogP contribution in [0.1, 0.15) is 0 Å². The average molecular weight is 345 g/mol. The third-order valence-corrected chi connectivity index (χ3v) is 4.17. The molecule has 8 heteroatoms. The highest BCUT2D eigenvalue weighted by Crippen LogP contribution is 2.35. The van der Waals surface area contributed by atoms with E-state index in [0.29, 0.717) is 16.4 Å². The number of halogens is 2. The van der Waals surface area contributed by atoms with Crippen molar-refractivity contribution in [1.29, 1.82) is 0 Å². The third kappa shape index (κ3) is 2.16. The number of fused-ring (bicyclic) bond motifs is 1. The lowest BCUT2D eigenvalue weighted by atomic mass is 10.1. The van der Waals surface area contributed by atoms with Gasteiger partial charge in [0, 0.05) is 5.02 Å². The second-order valence-corrected chi connectivity index (χ2v) is 5.84. The zero-order valence-corrected chi connectivity index (χ0v) is 12.9. The van der Waals surface area contributed by atoms with Crippen molar-refractivity contribution in [2.24, 2.45) is 10.3 Å². The molecule has 2 heterocycles. The lowest BCUT2D eigenvalue weighted by Crippen LogP contribution is -2.39. The van der Waals surface area contributed by atoms with Crippen molar-refractivity contribution in [2.45, 2.75) is 12.1 Å². The van der Waals surface area contributed by atoms with Crippen molar-refractivity contribution in [1.82, 2.24) is 0 Å². The SMILES string of the molecule is O=C1[C@@H]2N=NN(c3ccc(F)cc3)[C@H]2C(=O)N1c1cccc(Cl)c1. The van der Waals surface area contributed by atoms with Crippen molar-refractivity contribution < 1.29 is 14.0 Å². The van der Waals surface area contributed by atoms with Crippen molar-refractivity contribution in [2.75, 3.05) is 9.91 Å². The van der Waals surface area contributed by atoms with Crippen LogP contribution in [0.5, 0.6) is 0 Å². The molecular formula is C16H10ClFN4O2. The lowest BCUT2D eigenvalue weighted by molar-refractivity contribution is -0.121. The summed E-state index contributed by atoms with van der Waals surface area (Å²) in [4.78, 5) is 26.4. The molecule has 0 aliphatic carbocycles. The fraction of sp³-hybridized carbons (Fsp3) is 0.125. The molecule has 1 saturated heterocycles. The van der Waals surface area contributed by atoms with E-state index in [-0.39, 0.29) is 0 Å². The van der Waals surface area contributed by atoms with Crippen LogP contribution in [0.4, 0.5) is 15.8 Å². The highest BCUT2D eigenvalue weighted by atomic mass is 35.5. The summed E-state index contributed by atoms with van der Waals surface area (Å²) in [5.41, 5.74) is 0.878. The Kier molecular flexibility index (Phi) is 3.31. The second kappa shape index (κ2) is 5.38. The first-order valence-corrected chi connectivity index (χ1v) is 7.53. The quantitative estimate of drug-likeness (QED) is 0.787. The van der Waals surface area contributed by atoms with Crippen molar-refractivity contribution in [3.05, 3.63) is 59.4 Å². The molecule has 0 N–H and O–H groups in total. The Bertz CT molecular complexity index is 871. The van der Waals surface area contributed by atoms with E-state index in [1.54, 1.807) is 18.2 Å². The van der Waals surface area contributed by atoms with E-state index in [1.807, 2.05) is 0 Å². The molecule has 2 amide bonds. The third-order valence-electron chi connectivity index (χ3n) is 3.94. The maximum atomic E-state index is 13.1. The maximum Gasteiger partial charge on any atom is 0.263 e. The zero-order chi connectivity index (χ0) is 16.8.